The third-order valence-corrected chi connectivity index (χ3v) is 4.21. The third-order valence-electron chi connectivity index (χ3n) is 3.52. The molecule has 22 heavy (non-hydrogen) atoms. The molecule has 0 unspecified atom stereocenters. The fourth-order valence-corrected chi connectivity index (χ4v) is 2.70. The highest BCUT2D eigenvalue weighted by molar-refractivity contribution is 9.10. The maximum Gasteiger partial charge on any atom is 0.321 e. The van der Waals surface area contributed by atoms with Gasteiger partial charge in [0.1, 0.15) is 0 Å². The Morgan fingerprint density at radius 3 is 2.41 bits per heavy atom. The maximum atomic E-state index is 12.3. The molecule has 0 bridgehead atoms. The van der Waals surface area contributed by atoms with Crippen molar-refractivity contribution in [1.82, 2.24) is 14.9 Å². The minimum Gasteiger partial charge on any atom is -0.337 e. The number of halogens is 1. The molecule has 7 heteroatoms. The SMILES string of the molecule is O=C(Nc1ccccc1Br)N1CCN(c2ncccn2)CC1. The second kappa shape index (κ2) is 6.74. The maximum absolute atomic E-state index is 12.3. The van der Waals surface area contributed by atoms with E-state index in [9.17, 15) is 4.79 Å². The van der Waals surface area contributed by atoms with Gasteiger partial charge in [0.05, 0.1) is 5.69 Å². The fourth-order valence-electron chi connectivity index (χ4n) is 2.32. The summed E-state index contributed by atoms with van der Waals surface area (Å²) in [6.45, 7) is 2.75. The first-order valence-corrected chi connectivity index (χ1v) is 7.86. The number of urea groups is 1. The van der Waals surface area contributed by atoms with E-state index >= 15 is 0 Å². The molecule has 3 rings (SSSR count). The fraction of sp³-hybridized carbons (Fsp3) is 0.267. The quantitative estimate of drug-likeness (QED) is 0.892. The van der Waals surface area contributed by atoms with Crippen LogP contribution in [-0.2, 0) is 0 Å². The van der Waals surface area contributed by atoms with Crippen LogP contribution in [0.2, 0.25) is 0 Å². The molecule has 1 aliphatic heterocycles. The van der Waals surface area contributed by atoms with Crippen LogP contribution in [0.1, 0.15) is 0 Å². The number of nitrogens with one attached hydrogen (secondary N) is 1. The van der Waals surface area contributed by atoms with Crippen LogP contribution in [0, 0.1) is 0 Å². The summed E-state index contributed by atoms with van der Waals surface area (Å²) in [7, 11) is 0. The molecule has 1 saturated heterocycles. The number of hydrogen-bond donors (Lipinski definition) is 1. The van der Waals surface area contributed by atoms with E-state index < -0.39 is 0 Å². The molecular weight excluding hydrogens is 346 g/mol. The van der Waals surface area contributed by atoms with E-state index in [1.165, 1.54) is 0 Å². The first-order valence-electron chi connectivity index (χ1n) is 7.06. The molecule has 1 aliphatic rings. The van der Waals surface area contributed by atoms with Gasteiger partial charge in [0, 0.05) is 43.0 Å². The van der Waals surface area contributed by atoms with Gasteiger partial charge in [0.2, 0.25) is 5.95 Å². The predicted octanol–water partition coefficient (Wildman–Crippen LogP) is 2.59. The molecule has 0 aliphatic carbocycles. The van der Waals surface area contributed by atoms with Gasteiger partial charge >= 0.3 is 6.03 Å². The molecule has 6 nitrogen and oxygen atoms in total. The lowest BCUT2D eigenvalue weighted by molar-refractivity contribution is 0.208. The second-order valence-electron chi connectivity index (χ2n) is 4.93. The Morgan fingerprint density at radius 1 is 1.05 bits per heavy atom. The average Bonchev–Trinajstić information content (AvgIpc) is 2.58. The van der Waals surface area contributed by atoms with Gasteiger partial charge in [-0.25, -0.2) is 14.8 Å². The molecule has 1 N–H and O–H groups in total. The summed E-state index contributed by atoms with van der Waals surface area (Å²) in [4.78, 5) is 24.7. The second-order valence-corrected chi connectivity index (χ2v) is 5.79. The minimum atomic E-state index is -0.0828. The van der Waals surface area contributed by atoms with E-state index in [0.29, 0.717) is 19.0 Å². The Morgan fingerprint density at radius 2 is 1.73 bits per heavy atom. The Balaban J connectivity index is 1.57. The van der Waals surface area contributed by atoms with Crippen LogP contribution in [0.25, 0.3) is 0 Å². The number of amides is 2. The van der Waals surface area contributed by atoms with E-state index in [4.69, 9.17) is 0 Å². The molecule has 1 aromatic heterocycles. The minimum absolute atomic E-state index is 0.0828. The van der Waals surface area contributed by atoms with Crippen molar-refractivity contribution >= 4 is 33.6 Å². The van der Waals surface area contributed by atoms with Crippen molar-refractivity contribution in [3.05, 3.63) is 47.2 Å². The standard InChI is InChI=1S/C15H16BrN5O/c16-12-4-1-2-5-13(12)19-15(22)21-10-8-20(9-11-21)14-17-6-3-7-18-14/h1-7H,8-11H2,(H,19,22). The first-order chi connectivity index (χ1) is 10.7. The predicted molar refractivity (Wildman–Crippen MR) is 89.0 cm³/mol. The van der Waals surface area contributed by atoms with Crippen LogP contribution in [0.3, 0.4) is 0 Å². The van der Waals surface area contributed by atoms with E-state index in [1.54, 1.807) is 23.4 Å². The molecule has 0 atom stereocenters. The lowest BCUT2D eigenvalue weighted by atomic mass is 10.3. The number of benzene rings is 1. The first kappa shape index (κ1) is 14.8. The largest absolute Gasteiger partial charge is 0.337 e. The van der Waals surface area contributed by atoms with Gasteiger partial charge in [-0.05, 0) is 34.1 Å². The summed E-state index contributed by atoms with van der Waals surface area (Å²) < 4.78 is 0.875. The Bertz CT molecular complexity index is 643. The molecule has 0 spiro atoms. The smallest absolute Gasteiger partial charge is 0.321 e. The lowest BCUT2D eigenvalue weighted by Crippen LogP contribution is -2.50. The van der Waals surface area contributed by atoms with Gasteiger partial charge in [-0.3, -0.25) is 0 Å². The van der Waals surface area contributed by atoms with Gasteiger partial charge in [-0.1, -0.05) is 12.1 Å². The van der Waals surface area contributed by atoms with Gasteiger partial charge in [-0.2, -0.15) is 0 Å². The summed E-state index contributed by atoms with van der Waals surface area (Å²) in [5, 5.41) is 2.92. The van der Waals surface area contributed by atoms with Crippen LogP contribution >= 0.6 is 15.9 Å². The number of nitrogens with zero attached hydrogens (tertiary/aromatic N) is 4. The molecule has 0 radical (unpaired) electrons. The summed E-state index contributed by atoms with van der Waals surface area (Å²) in [5.74, 6) is 0.716. The Kier molecular flexibility index (Phi) is 4.53. The van der Waals surface area contributed by atoms with Crippen LogP contribution < -0.4 is 10.2 Å². The molecule has 0 saturated carbocycles. The van der Waals surface area contributed by atoms with Crippen LogP contribution in [0.4, 0.5) is 16.4 Å². The lowest BCUT2D eigenvalue weighted by Gasteiger charge is -2.34. The number of anilines is 2. The van der Waals surface area contributed by atoms with Crippen LogP contribution in [0.15, 0.2) is 47.2 Å². The average molecular weight is 362 g/mol. The van der Waals surface area contributed by atoms with Crippen molar-refractivity contribution in [3.8, 4) is 0 Å². The number of hydrogen-bond acceptors (Lipinski definition) is 4. The molecule has 114 valence electrons. The van der Waals surface area contributed by atoms with E-state index in [2.05, 4.69) is 36.1 Å². The van der Waals surface area contributed by atoms with E-state index in [1.807, 2.05) is 24.3 Å². The Labute approximate surface area is 137 Å². The number of aromatic nitrogens is 2. The van der Waals surface area contributed by atoms with Gasteiger partial charge in [0.15, 0.2) is 0 Å². The zero-order valence-electron chi connectivity index (χ0n) is 11.9. The number of para-hydroxylation sites is 1. The normalized spacial score (nSPS) is 14.8. The van der Waals surface area contributed by atoms with Crippen molar-refractivity contribution in [2.75, 3.05) is 36.4 Å². The van der Waals surface area contributed by atoms with Crippen molar-refractivity contribution in [2.24, 2.45) is 0 Å². The highest BCUT2D eigenvalue weighted by Crippen LogP contribution is 2.21. The van der Waals surface area contributed by atoms with Crippen molar-refractivity contribution in [3.63, 3.8) is 0 Å². The summed E-state index contributed by atoms with van der Waals surface area (Å²) in [6, 6.07) is 9.30. The summed E-state index contributed by atoms with van der Waals surface area (Å²) >= 11 is 3.43. The van der Waals surface area contributed by atoms with Gasteiger partial charge in [-0.15, -0.1) is 0 Å². The number of carbonyl (C=O) groups excluding carboxylic acids is 1. The van der Waals surface area contributed by atoms with Crippen molar-refractivity contribution in [1.29, 1.82) is 0 Å². The molecule has 1 aromatic carbocycles. The number of piperazine rings is 1. The number of carbonyl (C=O) groups is 1. The molecular formula is C15H16BrN5O. The summed E-state index contributed by atoms with van der Waals surface area (Å²) in [5.41, 5.74) is 0.779. The van der Waals surface area contributed by atoms with E-state index in [0.717, 1.165) is 23.2 Å². The molecule has 2 amide bonds. The van der Waals surface area contributed by atoms with Crippen LogP contribution in [-0.4, -0.2) is 47.1 Å². The third kappa shape index (κ3) is 3.36. The highest BCUT2D eigenvalue weighted by atomic mass is 79.9. The summed E-state index contributed by atoms with van der Waals surface area (Å²) in [6.07, 6.45) is 3.46. The monoisotopic (exact) mass is 361 g/mol. The zero-order valence-corrected chi connectivity index (χ0v) is 13.5. The zero-order chi connectivity index (χ0) is 15.4. The van der Waals surface area contributed by atoms with Gasteiger partial charge in [0.25, 0.3) is 0 Å². The van der Waals surface area contributed by atoms with Crippen molar-refractivity contribution < 1.29 is 4.79 Å². The molecule has 2 aromatic rings. The molecule has 1 fully saturated rings. The number of rotatable bonds is 2. The molecule has 2 heterocycles. The van der Waals surface area contributed by atoms with Crippen LogP contribution in [0.5, 0.6) is 0 Å². The highest BCUT2D eigenvalue weighted by Gasteiger charge is 2.22. The van der Waals surface area contributed by atoms with E-state index in [-0.39, 0.29) is 6.03 Å². The van der Waals surface area contributed by atoms with Gasteiger partial charge < -0.3 is 15.1 Å². The Hall–Kier alpha value is -2.15. The van der Waals surface area contributed by atoms with Crippen molar-refractivity contribution in [2.45, 2.75) is 0 Å². The topological polar surface area (TPSA) is 61.4 Å².